The Balaban J connectivity index is 2.43. The molecule has 0 amide bonds. The van der Waals surface area contributed by atoms with Crippen LogP contribution in [0.4, 0.5) is 0 Å². The van der Waals surface area contributed by atoms with Crippen molar-refractivity contribution in [1.29, 1.82) is 0 Å². The monoisotopic (exact) mass is 414 g/mol. The van der Waals surface area contributed by atoms with Crippen molar-refractivity contribution in [2.75, 3.05) is 46.6 Å². The first-order valence-corrected chi connectivity index (χ1v) is 9.89. The lowest BCUT2D eigenvalue weighted by Gasteiger charge is -2.20. The highest BCUT2D eigenvalue weighted by molar-refractivity contribution is 7.87. The van der Waals surface area contributed by atoms with Crippen LogP contribution in [0.5, 0.6) is 0 Å². The SMILES string of the molecule is Cc1cc(Cl)cc(Cl)c1CN(C)S(=O)(=O)NCCOCCOCCO. The topological polar surface area (TPSA) is 88.1 Å². The van der Waals surface area contributed by atoms with E-state index in [0.29, 0.717) is 28.8 Å². The quantitative estimate of drug-likeness (QED) is 0.507. The third-order valence-corrected chi connectivity index (χ3v) is 5.39. The highest BCUT2D eigenvalue weighted by Crippen LogP contribution is 2.26. The van der Waals surface area contributed by atoms with Gasteiger partial charge in [0, 0.05) is 30.2 Å². The van der Waals surface area contributed by atoms with Gasteiger partial charge in [-0.25, -0.2) is 0 Å². The average Bonchev–Trinajstić information content (AvgIpc) is 2.53. The molecule has 0 fully saturated rings. The molecule has 1 aromatic carbocycles. The number of ether oxygens (including phenoxy) is 2. The normalized spacial score (nSPS) is 12.1. The van der Waals surface area contributed by atoms with Gasteiger partial charge in [0.2, 0.25) is 0 Å². The van der Waals surface area contributed by atoms with Gasteiger partial charge in [-0.15, -0.1) is 0 Å². The van der Waals surface area contributed by atoms with E-state index in [-0.39, 0.29) is 32.9 Å². The Morgan fingerprint density at radius 1 is 1.16 bits per heavy atom. The molecule has 0 unspecified atom stereocenters. The molecule has 0 atom stereocenters. The molecule has 0 radical (unpaired) electrons. The van der Waals surface area contributed by atoms with Crippen LogP contribution in [0.2, 0.25) is 10.0 Å². The predicted octanol–water partition coefficient (Wildman–Crippen LogP) is 1.59. The molecule has 0 aromatic heterocycles. The van der Waals surface area contributed by atoms with E-state index in [2.05, 4.69) is 4.72 Å². The zero-order valence-electron chi connectivity index (χ0n) is 14.3. The van der Waals surface area contributed by atoms with Crippen molar-refractivity contribution < 1.29 is 23.0 Å². The van der Waals surface area contributed by atoms with E-state index < -0.39 is 10.2 Å². The molecule has 1 rings (SSSR count). The fraction of sp³-hybridized carbons (Fsp3) is 0.600. The van der Waals surface area contributed by atoms with Gasteiger partial charge in [0.1, 0.15) is 0 Å². The van der Waals surface area contributed by atoms with Gasteiger partial charge in [-0.05, 0) is 30.2 Å². The number of benzene rings is 1. The summed E-state index contributed by atoms with van der Waals surface area (Å²) in [6.07, 6.45) is 0. The predicted molar refractivity (Wildman–Crippen MR) is 98.3 cm³/mol. The summed E-state index contributed by atoms with van der Waals surface area (Å²) in [6, 6.07) is 3.33. The molecular weight excluding hydrogens is 391 g/mol. The highest BCUT2D eigenvalue weighted by atomic mass is 35.5. The van der Waals surface area contributed by atoms with Crippen LogP contribution in [0.3, 0.4) is 0 Å². The summed E-state index contributed by atoms with van der Waals surface area (Å²) in [4.78, 5) is 0. The molecular formula is C15H24Cl2N2O5S. The van der Waals surface area contributed by atoms with Crippen LogP contribution in [0, 0.1) is 6.92 Å². The highest BCUT2D eigenvalue weighted by Gasteiger charge is 2.19. The number of aryl methyl sites for hydroxylation is 1. The van der Waals surface area contributed by atoms with Crippen molar-refractivity contribution in [2.24, 2.45) is 0 Å². The minimum atomic E-state index is -3.66. The zero-order chi connectivity index (χ0) is 18.9. The molecule has 0 spiro atoms. The average molecular weight is 415 g/mol. The fourth-order valence-electron chi connectivity index (χ4n) is 1.98. The van der Waals surface area contributed by atoms with E-state index in [1.54, 1.807) is 12.1 Å². The van der Waals surface area contributed by atoms with E-state index in [4.69, 9.17) is 37.8 Å². The van der Waals surface area contributed by atoms with Crippen LogP contribution in [-0.2, 0) is 26.2 Å². The van der Waals surface area contributed by atoms with Crippen LogP contribution in [-0.4, -0.2) is 64.5 Å². The van der Waals surface area contributed by atoms with Crippen molar-refractivity contribution in [1.82, 2.24) is 9.03 Å². The minimum Gasteiger partial charge on any atom is -0.394 e. The second kappa shape index (κ2) is 11.3. The molecule has 0 aliphatic rings. The first-order valence-electron chi connectivity index (χ1n) is 7.69. The Morgan fingerprint density at radius 3 is 2.40 bits per heavy atom. The van der Waals surface area contributed by atoms with Crippen molar-refractivity contribution >= 4 is 33.4 Å². The summed E-state index contributed by atoms with van der Waals surface area (Å²) in [7, 11) is -2.19. The van der Waals surface area contributed by atoms with Gasteiger partial charge in [0.05, 0.1) is 33.0 Å². The molecule has 0 aliphatic heterocycles. The molecule has 0 heterocycles. The second-order valence-electron chi connectivity index (χ2n) is 5.29. The number of halogens is 2. The van der Waals surface area contributed by atoms with Gasteiger partial charge in [0.25, 0.3) is 10.2 Å². The Morgan fingerprint density at radius 2 is 1.80 bits per heavy atom. The van der Waals surface area contributed by atoms with E-state index >= 15 is 0 Å². The maximum absolute atomic E-state index is 12.2. The van der Waals surface area contributed by atoms with E-state index in [1.165, 1.54) is 11.4 Å². The number of aliphatic hydroxyl groups excluding tert-OH is 1. The molecule has 7 nitrogen and oxygen atoms in total. The summed E-state index contributed by atoms with van der Waals surface area (Å²) in [5, 5.41) is 9.48. The fourth-order valence-corrected chi connectivity index (χ4v) is 3.50. The van der Waals surface area contributed by atoms with Crippen LogP contribution in [0.25, 0.3) is 0 Å². The van der Waals surface area contributed by atoms with E-state index in [1.807, 2.05) is 6.92 Å². The van der Waals surface area contributed by atoms with Crippen LogP contribution < -0.4 is 4.72 Å². The van der Waals surface area contributed by atoms with Crippen molar-refractivity contribution in [3.63, 3.8) is 0 Å². The third-order valence-electron chi connectivity index (χ3n) is 3.31. The summed E-state index contributed by atoms with van der Waals surface area (Å²) in [5.41, 5.74) is 1.53. The van der Waals surface area contributed by atoms with Crippen LogP contribution >= 0.6 is 23.2 Å². The molecule has 0 aliphatic carbocycles. The van der Waals surface area contributed by atoms with Gasteiger partial charge in [0.15, 0.2) is 0 Å². The molecule has 2 N–H and O–H groups in total. The van der Waals surface area contributed by atoms with Crippen LogP contribution in [0.15, 0.2) is 12.1 Å². The van der Waals surface area contributed by atoms with Crippen LogP contribution in [0.1, 0.15) is 11.1 Å². The molecule has 0 bridgehead atoms. The number of nitrogens with one attached hydrogen (secondary N) is 1. The Labute approximate surface area is 159 Å². The zero-order valence-corrected chi connectivity index (χ0v) is 16.6. The van der Waals surface area contributed by atoms with Gasteiger partial charge in [-0.2, -0.15) is 17.4 Å². The third kappa shape index (κ3) is 8.19. The van der Waals surface area contributed by atoms with Crippen molar-refractivity contribution in [3.05, 3.63) is 33.3 Å². The lowest BCUT2D eigenvalue weighted by atomic mass is 10.1. The molecule has 10 heteroatoms. The second-order valence-corrected chi connectivity index (χ2v) is 7.99. The van der Waals surface area contributed by atoms with Crippen molar-refractivity contribution in [3.8, 4) is 0 Å². The summed E-state index contributed by atoms with van der Waals surface area (Å²) < 4.78 is 38.4. The largest absolute Gasteiger partial charge is 0.394 e. The smallest absolute Gasteiger partial charge is 0.279 e. The number of rotatable bonds is 12. The molecule has 25 heavy (non-hydrogen) atoms. The molecule has 144 valence electrons. The number of aliphatic hydroxyl groups is 1. The van der Waals surface area contributed by atoms with Gasteiger partial charge >= 0.3 is 0 Å². The molecule has 0 saturated heterocycles. The first kappa shape index (κ1) is 22.6. The summed E-state index contributed by atoms with van der Waals surface area (Å²) in [6.45, 7) is 3.21. The summed E-state index contributed by atoms with van der Waals surface area (Å²) in [5.74, 6) is 0. The number of hydrogen-bond donors (Lipinski definition) is 2. The molecule has 0 saturated carbocycles. The lowest BCUT2D eigenvalue weighted by molar-refractivity contribution is 0.0348. The Hall–Kier alpha value is -0.450. The first-order chi connectivity index (χ1) is 11.8. The maximum atomic E-state index is 12.2. The van der Waals surface area contributed by atoms with Gasteiger partial charge < -0.3 is 14.6 Å². The maximum Gasteiger partial charge on any atom is 0.279 e. The van der Waals surface area contributed by atoms with E-state index in [9.17, 15) is 8.42 Å². The number of hydrogen-bond acceptors (Lipinski definition) is 5. The number of nitrogens with zero attached hydrogens (tertiary/aromatic N) is 1. The van der Waals surface area contributed by atoms with Gasteiger partial charge in [-0.3, -0.25) is 0 Å². The minimum absolute atomic E-state index is 0.0384. The Kier molecular flexibility index (Phi) is 10.2. The van der Waals surface area contributed by atoms with Gasteiger partial charge in [-0.1, -0.05) is 23.2 Å². The molecule has 1 aromatic rings. The van der Waals surface area contributed by atoms with E-state index in [0.717, 1.165) is 5.56 Å². The van der Waals surface area contributed by atoms with Crippen molar-refractivity contribution in [2.45, 2.75) is 13.5 Å². The Bertz CT molecular complexity index is 620. The summed E-state index contributed by atoms with van der Waals surface area (Å²) >= 11 is 12.1. The standard InChI is InChI=1S/C15H24Cl2N2O5S/c1-12-9-13(16)10-15(17)14(12)11-19(2)25(21,22)18-3-5-23-7-8-24-6-4-20/h9-10,18,20H,3-8,11H2,1-2H3. The lowest BCUT2D eigenvalue weighted by Crippen LogP contribution is -2.39.